The van der Waals surface area contributed by atoms with Crippen molar-refractivity contribution >= 4 is 11.9 Å². The lowest BCUT2D eigenvalue weighted by Gasteiger charge is -2.51. The molecule has 0 saturated carbocycles. The summed E-state index contributed by atoms with van der Waals surface area (Å²) in [5, 5.41) is 2.68. The number of piperidine rings is 1. The number of carbonyl (C=O) groups excluding carboxylic acids is 2. The maximum atomic E-state index is 13.4. The summed E-state index contributed by atoms with van der Waals surface area (Å²) >= 11 is 0. The highest BCUT2D eigenvalue weighted by Gasteiger charge is 2.55. The van der Waals surface area contributed by atoms with Crippen molar-refractivity contribution < 1.29 is 9.59 Å². The van der Waals surface area contributed by atoms with Gasteiger partial charge in [-0.1, -0.05) is 30.3 Å². The highest BCUT2D eigenvalue weighted by Crippen LogP contribution is 2.42. The fraction of sp³-hybridized carbons (Fsp3) is 0.636. The maximum absolute atomic E-state index is 13.4. The van der Waals surface area contributed by atoms with Crippen molar-refractivity contribution in [3.8, 4) is 0 Å². The van der Waals surface area contributed by atoms with E-state index >= 15 is 0 Å². The molecule has 3 rings (SSSR count). The van der Waals surface area contributed by atoms with Gasteiger partial charge in [-0.15, -0.1) is 0 Å². The van der Waals surface area contributed by atoms with Crippen LogP contribution >= 0.6 is 0 Å². The van der Waals surface area contributed by atoms with Gasteiger partial charge in [-0.25, -0.2) is 4.79 Å². The van der Waals surface area contributed by atoms with E-state index in [0.717, 1.165) is 37.9 Å². The predicted octanol–water partition coefficient (Wildman–Crippen LogP) is 3.54. The molecule has 3 amide bonds. The van der Waals surface area contributed by atoms with Gasteiger partial charge in [-0.05, 0) is 58.9 Å². The molecule has 1 N–H and O–H groups in total. The summed E-state index contributed by atoms with van der Waals surface area (Å²) in [7, 11) is 0. The quantitative estimate of drug-likeness (QED) is 0.832. The Morgan fingerprint density at radius 1 is 1.11 bits per heavy atom. The molecule has 5 nitrogen and oxygen atoms in total. The normalized spacial score (nSPS) is 25.9. The van der Waals surface area contributed by atoms with Gasteiger partial charge in [0.15, 0.2) is 0 Å². The Kier molecular flexibility index (Phi) is 5.89. The van der Waals surface area contributed by atoms with E-state index in [1.54, 1.807) is 0 Å². The van der Waals surface area contributed by atoms with Crippen molar-refractivity contribution in [3.63, 3.8) is 0 Å². The van der Waals surface area contributed by atoms with Crippen LogP contribution < -0.4 is 5.32 Å². The largest absolute Gasteiger partial charge is 0.324 e. The minimum atomic E-state index is -0.683. The first-order valence-corrected chi connectivity index (χ1v) is 10.3. The summed E-state index contributed by atoms with van der Waals surface area (Å²) in [6.07, 6.45) is 3.67. The SMILES string of the molecule is CC(C)N(CC[C@@]1(c2ccccc2)C(=O)NC(=O)N2CCCC[C@@H]21)C(C)C. The summed E-state index contributed by atoms with van der Waals surface area (Å²) in [5.74, 6) is -0.130. The molecule has 27 heavy (non-hydrogen) atoms. The number of urea groups is 1. The maximum Gasteiger partial charge on any atom is 0.324 e. The van der Waals surface area contributed by atoms with E-state index in [1.807, 2.05) is 23.1 Å². The van der Waals surface area contributed by atoms with Crippen molar-refractivity contribution in [2.75, 3.05) is 13.1 Å². The lowest BCUT2D eigenvalue weighted by Crippen LogP contribution is -2.69. The standard InChI is InChI=1S/C22H33N3O2/c1-16(2)24(17(3)4)15-13-22(18-10-6-5-7-11-18)19-12-8-9-14-25(19)21(27)23-20(22)26/h5-7,10-11,16-17,19H,8-9,12-15H2,1-4H3,(H,23,26,27)/t19-,22+/m1/s1. The number of nitrogens with one attached hydrogen (secondary N) is 1. The van der Waals surface area contributed by atoms with Crippen LogP contribution in [0.5, 0.6) is 0 Å². The van der Waals surface area contributed by atoms with Crippen LogP contribution in [0.15, 0.2) is 30.3 Å². The van der Waals surface area contributed by atoms with Crippen LogP contribution in [0.4, 0.5) is 4.79 Å². The fourth-order valence-electron chi connectivity index (χ4n) is 5.02. The zero-order chi connectivity index (χ0) is 19.6. The molecule has 0 radical (unpaired) electrons. The number of imide groups is 1. The molecule has 2 aliphatic heterocycles. The molecule has 0 aliphatic carbocycles. The summed E-state index contributed by atoms with van der Waals surface area (Å²) in [6, 6.07) is 10.6. The van der Waals surface area contributed by atoms with Crippen molar-refractivity contribution in [2.45, 2.75) is 76.9 Å². The molecule has 2 atom stereocenters. The molecular weight excluding hydrogens is 338 g/mol. The molecule has 0 aromatic heterocycles. The summed E-state index contributed by atoms with van der Waals surface area (Å²) in [5.41, 5.74) is 0.344. The zero-order valence-corrected chi connectivity index (χ0v) is 17.1. The van der Waals surface area contributed by atoms with E-state index in [2.05, 4.69) is 50.0 Å². The van der Waals surface area contributed by atoms with Crippen LogP contribution in [-0.2, 0) is 10.2 Å². The molecule has 5 heteroatoms. The number of amides is 3. The van der Waals surface area contributed by atoms with Crippen molar-refractivity contribution in [2.24, 2.45) is 0 Å². The molecule has 0 spiro atoms. The van der Waals surface area contributed by atoms with Gasteiger partial charge in [-0.2, -0.15) is 0 Å². The molecule has 2 aliphatic rings. The van der Waals surface area contributed by atoms with Gasteiger partial charge in [0.2, 0.25) is 5.91 Å². The number of nitrogens with zero attached hydrogens (tertiary/aromatic N) is 2. The number of hydrogen-bond donors (Lipinski definition) is 1. The van der Waals surface area contributed by atoms with Gasteiger partial charge < -0.3 is 4.90 Å². The number of hydrogen-bond acceptors (Lipinski definition) is 3. The highest BCUT2D eigenvalue weighted by atomic mass is 16.2. The summed E-state index contributed by atoms with van der Waals surface area (Å²) < 4.78 is 0. The van der Waals surface area contributed by atoms with Crippen LogP contribution in [-0.4, -0.2) is 53.0 Å². The van der Waals surface area contributed by atoms with E-state index in [-0.39, 0.29) is 18.0 Å². The third kappa shape index (κ3) is 3.62. The first-order chi connectivity index (χ1) is 12.9. The Morgan fingerprint density at radius 2 is 1.78 bits per heavy atom. The summed E-state index contributed by atoms with van der Waals surface area (Å²) in [4.78, 5) is 30.2. The van der Waals surface area contributed by atoms with E-state index < -0.39 is 5.41 Å². The van der Waals surface area contributed by atoms with Crippen LogP contribution in [0.1, 0.15) is 58.9 Å². The average Bonchev–Trinajstić information content (AvgIpc) is 2.64. The third-order valence-electron chi connectivity index (χ3n) is 6.34. The second-order valence-electron chi connectivity index (χ2n) is 8.48. The van der Waals surface area contributed by atoms with E-state index in [1.165, 1.54) is 0 Å². The van der Waals surface area contributed by atoms with E-state index in [4.69, 9.17) is 0 Å². The Labute approximate surface area is 163 Å². The number of benzene rings is 1. The molecule has 2 heterocycles. The second-order valence-corrected chi connectivity index (χ2v) is 8.48. The topological polar surface area (TPSA) is 52.7 Å². The van der Waals surface area contributed by atoms with Crippen molar-refractivity contribution in [1.29, 1.82) is 0 Å². The molecule has 2 saturated heterocycles. The average molecular weight is 372 g/mol. The number of carbonyl (C=O) groups is 2. The lowest BCUT2D eigenvalue weighted by atomic mass is 9.66. The van der Waals surface area contributed by atoms with Gasteiger partial charge in [-0.3, -0.25) is 15.0 Å². The molecule has 148 valence electrons. The monoisotopic (exact) mass is 371 g/mol. The molecule has 2 fully saturated rings. The molecule has 0 bridgehead atoms. The zero-order valence-electron chi connectivity index (χ0n) is 17.1. The smallest absolute Gasteiger partial charge is 0.320 e. The van der Waals surface area contributed by atoms with Gasteiger partial charge in [0.25, 0.3) is 0 Å². The Morgan fingerprint density at radius 3 is 2.41 bits per heavy atom. The Balaban J connectivity index is 2.02. The molecule has 0 unspecified atom stereocenters. The van der Waals surface area contributed by atoms with E-state index in [9.17, 15) is 9.59 Å². The number of rotatable bonds is 6. The molecule has 1 aromatic carbocycles. The van der Waals surface area contributed by atoms with Crippen LogP contribution in [0.25, 0.3) is 0 Å². The predicted molar refractivity (Wildman–Crippen MR) is 108 cm³/mol. The van der Waals surface area contributed by atoms with Gasteiger partial charge in [0, 0.05) is 25.2 Å². The van der Waals surface area contributed by atoms with Crippen LogP contribution in [0.2, 0.25) is 0 Å². The summed E-state index contributed by atoms with van der Waals surface area (Å²) in [6.45, 7) is 10.4. The molecule has 1 aromatic rings. The minimum Gasteiger partial charge on any atom is -0.320 e. The van der Waals surface area contributed by atoms with Crippen LogP contribution in [0, 0.1) is 0 Å². The fourth-order valence-corrected chi connectivity index (χ4v) is 5.02. The van der Waals surface area contributed by atoms with Gasteiger partial charge in [0.1, 0.15) is 0 Å². The molecular formula is C22H33N3O2. The van der Waals surface area contributed by atoms with Gasteiger partial charge >= 0.3 is 6.03 Å². The first-order valence-electron chi connectivity index (χ1n) is 10.3. The van der Waals surface area contributed by atoms with Crippen molar-refractivity contribution in [3.05, 3.63) is 35.9 Å². The highest BCUT2D eigenvalue weighted by molar-refractivity contribution is 6.03. The Hall–Kier alpha value is -1.88. The minimum absolute atomic E-state index is 0.0592. The number of fused-ring (bicyclic) bond motifs is 1. The third-order valence-corrected chi connectivity index (χ3v) is 6.34. The Bertz CT molecular complexity index is 665. The van der Waals surface area contributed by atoms with E-state index in [0.29, 0.717) is 18.5 Å². The lowest BCUT2D eigenvalue weighted by molar-refractivity contribution is -0.132. The van der Waals surface area contributed by atoms with Gasteiger partial charge in [0.05, 0.1) is 11.5 Å². The second kappa shape index (κ2) is 8.01. The van der Waals surface area contributed by atoms with Crippen LogP contribution in [0.3, 0.4) is 0 Å². The first kappa shape index (κ1) is 19.9. The van der Waals surface area contributed by atoms with Crippen molar-refractivity contribution in [1.82, 2.24) is 15.1 Å².